The topological polar surface area (TPSA) is 62.7 Å². The van der Waals surface area contributed by atoms with Gasteiger partial charge in [0.25, 0.3) is 0 Å². The molecule has 0 radical (unpaired) electrons. The van der Waals surface area contributed by atoms with Crippen LogP contribution in [0.25, 0.3) is 30.8 Å². The molecule has 0 atom stereocenters. The molecule has 0 amide bonds. The van der Waals surface area contributed by atoms with Gasteiger partial charge in [0.1, 0.15) is 59.4 Å². The number of aromatic nitrogens is 2. The van der Waals surface area contributed by atoms with Crippen molar-refractivity contribution in [1.29, 1.82) is 0 Å². The Bertz CT molecular complexity index is 2040. The monoisotopic (exact) mass is 718 g/mol. The number of hydrogen-bond acceptors (Lipinski definition) is 8. The second-order valence-corrected chi connectivity index (χ2v) is 14.1. The van der Waals surface area contributed by atoms with Crippen LogP contribution in [0.1, 0.15) is 22.3 Å². The quantitative estimate of drug-likeness (QED) is 0.112. The maximum Gasteiger partial charge on any atom is 0.155 e. The van der Waals surface area contributed by atoms with E-state index in [2.05, 4.69) is 48.5 Å². The van der Waals surface area contributed by atoms with Gasteiger partial charge in [-0.3, -0.25) is 0 Å². The highest BCUT2D eigenvalue weighted by Gasteiger charge is 2.17. The molecule has 8 heteroatoms. The summed E-state index contributed by atoms with van der Waals surface area (Å²) in [4.78, 5) is 11.8. The van der Waals surface area contributed by atoms with E-state index in [9.17, 15) is 0 Å². The van der Waals surface area contributed by atoms with Gasteiger partial charge in [0.15, 0.2) is 9.66 Å². The molecule has 256 valence electrons. The third kappa shape index (κ3) is 8.49. The van der Waals surface area contributed by atoms with Gasteiger partial charge in [-0.05, 0) is 46.5 Å². The number of ether oxygens (including phenoxy) is 4. The summed E-state index contributed by atoms with van der Waals surface area (Å²) in [5.74, 6) is 2.86. The van der Waals surface area contributed by atoms with Gasteiger partial charge in [0, 0.05) is 23.3 Å². The fourth-order valence-corrected chi connectivity index (χ4v) is 7.59. The zero-order valence-electron chi connectivity index (χ0n) is 28.2. The lowest BCUT2D eigenvalue weighted by molar-refractivity contribution is 0.290. The fourth-order valence-electron chi connectivity index (χ4n) is 5.58. The largest absolute Gasteiger partial charge is 0.489 e. The molecule has 0 aliphatic rings. The average molecular weight is 719 g/mol. The first-order chi connectivity index (χ1) is 25.7. The first-order valence-electron chi connectivity index (χ1n) is 17.0. The van der Waals surface area contributed by atoms with Crippen molar-refractivity contribution in [1.82, 2.24) is 9.97 Å². The molecular formula is C44H34N2O4S2. The van der Waals surface area contributed by atoms with Crippen LogP contribution in [0.15, 0.2) is 158 Å². The van der Waals surface area contributed by atoms with Gasteiger partial charge < -0.3 is 18.9 Å². The minimum Gasteiger partial charge on any atom is -0.489 e. The summed E-state index contributed by atoms with van der Waals surface area (Å²) >= 11 is 3.10. The van der Waals surface area contributed by atoms with Crippen molar-refractivity contribution in [3.8, 4) is 44.1 Å². The van der Waals surface area contributed by atoms with Gasteiger partial charge in [0.2, 0.25) is 0 Å². The van der Waals surface area contributed by atoms with Gasteiger partial charge in [0.05, 0.1) is 0 Å². The number of fused-ring (bicyclic) bond motifs is 1. The Morgan fingerprint density at radius 2 is 0.615 bits per heavy atom. The van der Waals surface area contributed by atoms with Crippen molar-refractivity contribution in [2.75, 3.05) is 0 Å². The van der Waals surface area contributed by atoms with Gasteiger partial charge >= 0.3 is 0 Å². The summed E-state index contributed by atoms with van der Waals surface area (Å²) in [5, 5.41) is 1.70. The molecular weight excluding hydrogens is 685 g/mol. The molecule has 0 aliphatic carbocycles. The van der Waals surface area contributed by atoms with E-state index in [1.165, 1.54) is 0 Å². The lowest BCUT2D eigenvalue weighted by Gasteiger charge is -2.12. The Morgan fingerprint density at radius 1 is 0.346 bits per heavy atom. The summed E-state index contributed by atoms with van der Waals surface area (Å²) in [5.41, 5.74) is 6.20. The van der Waals surface area contributed by atoms with E-state index in [0.29, 0.717) is 49.4 Å². The van der Waals surface area contributed by atoms with E-state index in [0.717, 1.165) is 53.1 Å². The lowest BCUT2D eigenvalue weighted by Crippen LogP contribution is -1.98. The maximum atomic E-state index is 6.26. The summed E-state index contributed by atoms with van der Waals surface area (Å²) in [6, 6.07) is 52.5. The fraction of sp³-hybridized carbons (Fsp3) is 0.0909. The van der Waals surface area contributed by atoms with Crippen LogP contribution < -0.4 is 18.9 Å². The number of benzene rings is 6. The Kier molecular flexibility index (Phi) is 10.2. The molecule has 0 unspecified atom stereocenters. The number of hydrogen-bond donors (Lipinski definition) is 0. The minimum atomic E-state index is 0.450. The van der Waals surface area contributed by atoms with Gasteiger partial charge in [-0.25, -0.2) is 9.97 Å². The molecule has 6 nitrogen and oxygen atoms in total. The molecule has 8 aromatic rings. The van der Waals surface area contributed by atoms with Crippen molar-refractivity contribution in [3.63, 3.8) is 0 Å². The third-order valence-electron chi connectivity index (χ3n) is 8.22. The highest BCUT2D eigenvalue weighted by atomic mass is 32.1. The SMILES string of the molecule is c1ccc(COc2cc(OCc3ccccc3)cc(-c3nc4sc(-c5cc(OCc6ccccc6)cc(OCc6ccccc6)c5)nc4s3)c2)cc1. The molecule has 2 heterocycles. The Balaban J connectivity index is 1.07. The molecule has 52 heavy (non-hydrogen) atoms. The molecule has 0 bridgehead atoms. The second-order valence-electron chi connectivity index (χ2n) is 12.1. The van der Waals surface area contributed by atoms with Crippen LogP contribution in [0.4, 0.5) is 0 Å². The van der Waals surface area contributed by atoms with Crippen molar-refractivity contribution in [3.05, 3.63) is 180 Å². The van der Waals surface area contributed by atoms with Crippen molar-refractivity contribution >= 4 is 32.3 Å². The summed E-state index contributed by atoms with van der Waals surface area (Å²) in [6.45, 7) is 1.80. The zero-order valence-corrected chi connectivity index (χ0v) is 29.8. The Labute approximate surface area is 310 Å². The van der Waals surface area contributed by atoms with E-state index in [1.807, 2.05) is 109 Å². The Hall–Kier alpha value is -5.96. The molecule has 0 spiro atoms. The molecule has 2 aromatic heterocycles. The molecule has 8 rings (SSSR count). The van der Waals surface area contributed by atoms with E-state index in [4.69, 9.17) is 28.9 Å². The molecule has 0 fully saturated rings. The number of nitrogens with zero attached hydrogens (tertiary/aromatic N) is 2. The lowest BCUT2D eigenvalue weighted by atomic mass is 10.2. The predicted molar refractivity (Wildman–Crippen MR) is 209 cm³/mol. The van der Waals surface area contributed by atoms with Crippen LogP contribution in [0, 0.1) is 0 Å². The molecule has 6 aromatic carbocycles. The highest BCUT2D eigenvalue weighted by molar-refractivity contribution is 7.29. The van der Waals surface area contributed by atoms with Crippen LogP contribution in [-0.4, -0.2) is 9.97 Å². The maximum absolute atomic E-state index is 6.26. The summed E-state index contributed by atoms with van der Waals surface area (Å²) in [7, 11) is 0. The summed E-state index contributed by atoms with van der Waals surface area (Å²) in [6.07, 6.45) is 0. The van der Waals surface area contributed by atoms with Gasteiger partial charge in [-0.2, -0.15) is 0 Å². The normalized spacial score (nSPS) is 11.0. The first-order valence-corrected chi connectivity index (χ1v) is 18.6. The average Bonchev–Trinajstić information content (AvgIpc) is 3.80. The van der Waals surface area contributed by atoms with Gasteiger partial charge in [-0.1, -0.05) is 144 Å². The number of thiazole rings is 2. The van der Waals surface area contributed by atoms with Crippen molar-refractivity contribution in [2.45, 2.75) is 26.4 Å². The molecule has 0 saturated carbocycles. The third-order valence-corrected chi connectivity index (χ3v) is 10.3. The van der Waals surface area contributed by atoms with Crippen molar-refractivity contribution in [2.24, 2.45) is 0 Å². The number of rotatable bonds is 14. The molecule has 0 aliphatic heterocycles. The zero-order chi connectivity index (χ0) is 35.0. The summed E-state index contributed by atoms with van der Waals surface area (Å²) < 4.78 is 25.0. The van der Waals surface area contributed by atoms with E-state index < -0.39 is 0 Å². The van der Waals surface area contributed by atoms with Crippen LogP contribution in [-0.2, 0) is 26.4 Å². The molecule has 0 N–H and O–H groups in total. The molecule has 0 saturated heterocycles. The smallest absolute Gasteiger partial charge is 0.155 e. The van der Waals surface area contributed by atoms with Crippen molar-refractivity contribution < 1.29 is 18.9 Å². The minimum absolute atomic E-state index is 0.450. The predicted octanol–water partition coefficient (Wildman–Crippen LogP) is 11.4. The van der Waals surface area contributed by atoms with Gasteiger partial charge in [-0.15, -0.1) is 0 Å². The Morgan fingerprint density at radius 3 is 0.885 bits per heavy atom. The van der Waals surface area contributed by atoms with Crippen LogP contribution in [0.5, 0.6) is 23.0 Å². The van der Waals surface area contributed by atoms with E-state index in [1.54, 1.807) is 22.7 Å². The second kappa shape index (κ2) is 15.9. The first kappa shape index (κ1) is 33.2. The highest BCUT2D eigenvalue weighted by Crippen LogP contribution is 2.40. The standard InChI is InChI=1S/C44H34N2O4S2/c1-5-13-31(14-6-1)27-47-37-21-35(22-38(25-37)48-28-32-15-7-2-8-16-32)41-45-43-44(51-41)46-42(52-43)36-23-39(49-29-33-17-9-3-10-18-33)26-40(24-36)50-30-34-19-11-4-12-20-34/h1-26H,27-30H2. The van der Waals surface area contributed by atoms with E-state index >= 15 is 0 Å². The van der Waals surface area contributed by atoms with Crippen LogP contribution >= 0.6 is 22.7 Å². The van der Waals surface area contributed by atoms with Crippen LogP contribution in [0.2, 0.25) is 0 Å². The van der Waals surface area contributed by atoms with Crippen LogP contribution in [0.3, 0.4) is 0 Å². The van der Waals surface area contributed by atoms with E-state index in [-0.39, 0.29) is 0 Å².